The predicted octanol–water partition coefficient (Wildman–Crippen LogP) is 4.03. The molecule has 1 aliphatic rings. The number of benzene rings is 1. The minimum atomic E-state index is -5.02. The van der Waals surface area contributed by atoms with Crippen LogP contribution in [-0.2, 0) is 4.79 Å². The maximum atomic E-state index is 12.7. The molecular formula is C26H24F6N8O3. The van der Waals surface area contributed by atoms with Crippen LogP contribution in [0.4, 0.5) is 36.8 Å². The van der Waals surface area contributed by atoms with E-state index in [0.717, 1.165) is 4.90 Å². The highest BCUT2D eigenvalue weighted by atomic mass is 19.4. The fraction of sp³-hybridized carbons (Fsp3) is 0.346. The van der Waals surface area contributed by atoms with Crippen LogP contribution in [0.15, 0.2) is 55.1 Å². The molecular weight excluding hydrogens is 586 g/mol. The third-order valence-corrected chi connectivity index (χ3v) is 6.86. The molecule has 1 fully saturated rings. The number of aliphatic hydroxyl groups is 1. The number of hydrogen-bond donors (Lipinski definition) is 3. The number of amides is 3. The van der Waals surface area contributed by atoms with Gasteiger partial charge in [-0.3, -0.25) is 9.48 Å². The number of urea groups is 1. The first-order chi connectivity index (χ1) is 20.3. The largest absolute Gasteiger partial charge is 0.423 e. The number of likely N-dealkylation sites (tertiary alicyclic amines) is 1. The molecule has 3 amide bonds. The topological polar surface area (TPSA) is 130 Å². The zero-order chi connectivity index (χ0) is 30.9. The van der Waals surface area contributed by atoms with E-state index in [2.05, 4.69) is 20.5 Å². The molecule has 3 aromatic heterocycles. The molecule has 1 atom stereocenters. The van der Waals surface area contributed by atoms with Gasteiger partial charge in [0.25, 0.3) is 5.91 Å². The second-order valence-electron chi connectivity index (χ2n) is 9.87. The van der Waals surface area contributed by atoms with Crippen molar-refractivity contribution >= 4 is 23.3 Å². The highest BCUT2D eigenvalue weighted by molar-refractivity contribution is 5.90. The van der Waals surface area contributed by atoms with Crippen LogP contribution in [0.25, 0.3) is 28.0 Å². The zero-order valence-electron chi connectivity index (χ0n) is 22.1. The first-order valence-electron chi connectivity index (χ1n) is 12.9. The number of imidazole rings is 1. The number of alkyl halides is 6. The third-order valence-electron chi connectivity index (χ3n) is 6.86. The van der Waals surface area contributed by atoms with Crippen molar-refractivity contribution in [3.05, 3.63) is 55.1 Å². The summed E-state index contributed by atoms with van der Waals surface area (Å²) in [5.41, 5.74) is 3.31. The molecule has 43 heavy (non-hydrogen) atoms. The van der Waals surface area contributed by atoms with Gasteiger partial charge in [-0.05, 0) is 31.0 Å². The summed E-state index contributed by atoms with van der Waals surface area (Å²) in [6.45, 7) is -1.37. The van der Waals surface area contributed by atoms with Crippen molar-refractivity contribution in [1.29, 1.82) is 0 Å². The third kappa shape index (κ3) is 6.87. The second kappa shape index (κ2) is 11.5. The van der Waals surface area contributed by atoms with Crippen LogP contribution in [0.5, 0.6) is 0 Å². The number of halogens is 6. The van der Waals surface area contributed by atoms with Gasteiger partial charge in [-0.1, -0.05) is 12.1 Å². The minimum absolute atomic E-state index is 0.0468. The van der Waals surface area contributed by atoms with E-state index in [1.807, 2.05) is 0 Å². The van der Waals surface area contributed by atoms with Crippen molar-refractivity contribution < 1.29 is 41.0 Å². The fourth-order valence-electron chi connectivity index (χ4n) is 4.69. The van der Waals surface area contributed by atoms with E-state index in [1.165, 1.54) is 6.07 Å². The van der Waals surface area contributed by atoms with Crippen LogP contribution in [-0.4, -0.2) is 84.4 Å². The van der Waals surface area contributed by atoms with E-state index in [9.17, 15) is 41.0 Å². The molecule has 3 N–H and O–H groups in total. The Balaban J connectivity index is 1.25. The highest BCUT2D eigenvalue weighted by Crippen LogP contribution is 2.29. The summed E-state index contributed by atoms with van der Waals surface area (Å²) in [5, 5.41) is 22.2. The molecule has 1 unspecified atom stereocenters. The van der Waals surface area contributed by atoms with E-state index in [4.69, 9.17) is 0 Å². The highest BCUT2D eigenvalue weighted by Gasteiger charge is 2.46. The number of aliphatic hydroxyl groups excluding tert-OH is 1. The maximum Gasteiger partial charge on any atom is 0.423 e. The van der Waals surface area contributed by atoms with Crippen molar-refractivity contribution in [3.8, 4) is 22.4 Å². The summed E-state index contributed by atoms with van der Waals surface area (Å²) in [6.07, 6.45) is -5.35. The van der Waals surface area contributed by atoms with Gasteiger partial charge in [-0.25, -0.2) is 14.3 Å². The van der Waals surface area contributed by atoms with Crippen LogP contribution in [0, 0.1) is 0 Å². The molecule has 5 rings (SSSR count). The summed E-state index contributed by atoms with van der Waals surface area (Å²) in [6, 6.07) is 7.04. The summed E-state index contributed by atoms with van der Waals surface area (Å²) >= 11 is 0. The Morgan fingerprint density at radius 2 is 1.70 bits per heavy atom. The van der Waals surface area contributed by atoms with E-state index in [-0.39, 0.29) is 24.8 Å². The monoisotopic (exact) mass is 610 g/mol. The molecule has 1 aromatic carbocycles. The summed E-state index contributed by atoms with van der Waals surface area (Å²) in [4.78, 5) is 29.2. The van der Waals surface area contributed by atoms with Crippen LogP contribution >= 0.6 is 0 Å². The van der Waals surface area contributed by atoms with Crippen LogP contribution in [0.2, 0.25) is 0 Å². The van der Waals surface area contributed by atoms with Crippen LogP contribution in [0.1, 0.15) is 18.9 Å². The standard InChI is InChI=1S/C26H24F6N8O3/c27-25(28,29)14-34-24(43)37-18-3-1-2-15(8-18)20-12-33-21-9-16(10-36-40(20)21)17-11-35-39(13-17)19-4-6-38(7-5-19)23(42)22(41)26(30,31)32/h1-3,8-13,19,22,41H,4-7,14H2,(H2,34,37,43). The Bertz CT molecular complexity index is 1620. The van der Waals surface area contributed by atoms with Crippen molar-refractivity contribution in [1.82, 2.24) is 34.6 Å². The number of piperidine rings is 1. The van der Waals surface area contributed by atoms with Crippen LogP contribution < -0.4 is 10.6 Å². The second-order valence-corrected chi connectivity index (χ2v) is 9.87. The van der Waals surface area contributed by atoms with E-state index in [1.54, 1.807) is 63.6 Å². The molecule has 228 valence electrons. The first kappa shape index (κ1) is 29.8. The molecule has 0 radical (unpaired) electrons. The van der Waals surface area contributed by atoms with Crippen molar-refractivity contribution in [3.63, 3.8) is 0 Å². The molecule has 4 aromatic rings. The Morgan fingerprint density at radius 1 is 0.977 bits per heavy atom. The lowest BCUT2D eigenvalue weighted by Gasteiger charge is -2.33. The van der Waals surface area contributed by atoms with Gasteiger partial charge in [0.15, 0.2) is 5.65 Å². The molecule has 0 bridgehead atoms. The van der Waals surface area contributed by atoms with E-state index in [0.29, 0.717) is 40.9 Å². The van der Waals surface area contributed by atoms with Crippen molar-refractivity contribution in [2.45, 2.75) is 37.3 Å². The van der Waals surface area contributed by atoms with Crippen molar-refractivity contribution in [2.75, 3.05) is 25.0 Å². The maximum absolute atomic E-state index is 12.7. The zero-order valence-corrected chi connectivity index (χ0v) is 22.1. The number of anilines is 1. The number of nitrogens with one attached hydrogen (secondary N) is 2. The van der Waals surface area contributed by atoms with Gasteiger partial charge in [0, 0.05) is 41.7 Å². The quantitative estimate of drug-likeness (QED) is 0.283. The molecule has 4 heterocycles. The number of nitrogens with zero attached hydrogens (tertiary/aromatic N) is 6. The number of hydrogen-bond acceptors (Lipinski definition) is 6. The van der Waals surface area contributed by atoms with E-state index >= 15 is 0 Å². The number of aromatic nitrogens is 5. The first-order valence-corrected chi connectivity index (χ1v) is 12.9. The average molecular weight is 611 g/mol. The Kier molecular flexibility index (Phi) is 8.00. The Labute approximate surface area is 239 Å². The lowest BCUT2D eigenvalue weighted by molar-refractivity contribution is -0.211. The normalized spacial score (nSPS) is 15.5. The molecule has 1 saturated heterocycles. The summed E-state index contributed by atoms with van der Waals surface area (Å²) in [7, 11) is 0. The predicted molar refractivity (Wildman–Crippen MR) is 140 cm³/mol. The molecule has 0 spiro atoms. The van der Waals surface area contributed by atoms with Crippen LogP contribution in [0.3, 0.4) is 0 Å². The minimum Gasteiger partial charge on any atom is -0.376 e. The van der Waals surface area contributed by atoms with Gasteiger partial charge in [-0.2, -0.15) is 36.5 Å². The van der Waals surface area contributed by atoms with Gasteiger partial charge in [-0.15, -0.1) is 0 Å². The number of carbonyl (C=O) groups excluding carboxylic acids is 2. The van der Waals surface area contributed by atoms with E-state index < -0.39 is 36.9 Å². The molecule has 11 nitrogen and oxygen atoms in total. The smallest absolute Gasteiger partial charge is 0.376 e. The lowest BCUT2D eigenvalue weighted by atomic mass is 10.0. The number of fused-ring (bicyclic) bond motifs is 1. The summed E-state index contributed by atoms with van der Waals surface area (Å²) < 4.78 is 78.4. The van der Waals surface area contributed by atoms with Gasteiger partial charge in [0.05, 0.1) is 30.3 Å². The van der Waals surface area contributed by atoms with Crippen molar-refractivity contribution in [2.24, 2.45) is 0 Å². The van der Waals surface area contributed by atoms with Gasteiger partial charge in [0.1, 0.15) is 6.54 Å². The number of rotatable bonds is 6. The number of carbonyl (C=O) groups is 2. The molecule has 0 saturated carbocycles. The Morgan fingerprint density at radius 3 is 2.40 bits per heavy atom. The average Bonchev–Trinajstić information content (AvgIpc) is 3.62. The molecule has 0 aliphatic carbocycles. The van der Waals surface area contributed by atoms with Gasteiger partial charge < -0.3 is 20.6 Å². The molecule has 17 heteroatoms. The fourth-order valence-corrected chi connectivity index (χ4v) is 4.69. The van der Waals surface area contributed by atoms with Gasteiger partial charge >= 0.3 is 18.4 Å². The lowest BCUT2D eigenvalue weighted by Crippen LogP contribution is -2.49. The Hall–Kier alpha value is -4.67. The van der Waals surface area contributed by atoms with Gasteiger partial charge in [0.2, 0.25) is 6.10 Å². The molecule has 1 aliphatic heterocycles. The summed E-state index contributed by atoms with van der Waals surface area (Å²) in [5.74, 6) is -1.36. The SMILES string of the molecule is O=C(NCC(F)(F)F)Nc1cccc(-c2cnc3cc(-c4cnn(C5CCN(C(=O)C(O)C(F)(F)F)CC5)c4)cnn23)c1.